The van der Waals surface area contributed by atoms with E-state index in [0.717, 1.165) is 13.1 Å². The van der Waals surface area contributed by atoms with Crippen LogP contribution in [0.3, 0.4) is 0 Å². The lowest BCUT2D eigenvalue weighted by molar-refractivity contribution is 0.301. The molecule has 0 spiro atoms. The van der Waals surface area contributed by atoms with E-state index in [1.165, 1.54) is 26.4 Å². The second kappa shape index (κ2) is 5.56. The maximum absolute atomic E-state index is 5.37. The number of ether oxygens (including phenoxy) is 1. The summed E-state index contributed by atoms with van der Waals surface area (Å²) in [6.45, 7) is 6.41. The van der Waals surface area contributed by atoms with Crippen molar-refractivity contribution < 1.29 is 4.74 Å². The number of hydrazine groups is 1. The molecular formula is C12H22N6O. The van der Waals surface area contributed by atoms with Gasteiger partial charge in [0.2, 0.25) is 11.9 Å². The van der Waals surface area contributed by atoms with E-state index in [0.29, 0.717) is 17.3 Å². The predicted octanol–water partition coefficient (Wildman–Crippen LogP) is 1.18. The number of hydrogen-bond donors (Lipinski definition) is 2. The summed E-state index contributed by atoms with van der Waals surface area (Å²) in [6, 6.07) is 0.281. The van der Waals surface area contributed by atoms with Gasteiger partial charge in [-0.2, -0.15) is 15.0 Å². The van der Waals surface area contributed by atoms with Crippen molar-refractivity contribution in [3.05, 3.63) is 0 Å². The van der Waals surface area contributed by atoms with Gasteiger partial charge in [-0.3, -0.25) is 5.43 Å². The van der Waals surface area contributed by atoms with Crippen molar-refractivity contribution in [1.82, 2.24) is 15.0 Å². The maximum atomic E-state index is 5.37. The second-order valence-corrected chi connectivity index (χ2v) is 4.97. The van der Waals surface area contributed by atoms with Gasteiger partial charge in [-0.05, 0) is 24.7 Å². The van der Waals surface area contributed by atoms with Crippen LogP contribution in [-0.2, 0) is 0 Å². The fraction of sp³-hybridized carbons (Fsp3) is 0.750. The van der Waals surface area contributed by atoms with E-state index in [-0.39, 0.29) is 6.01 Å². The van der Waals surface area contributed by atoms with Gasteiger partial charge in [0.1, 0.15) is 0 Å². The number of methoxy groups -OCH3 is 1. The third-order valence-corrected chi connectivity index (χ3v) is 4.14. The van der Waals surface area contributed by atoms with Crippen LogP contribution in [0.2, 0.25) is 0 Å². The molecule has 1 aromatic rings. The third kappa shape index (κ3) is 2.70. The SMILES string of the molecule is CCC1(CC)CCN(c2nc(NN)nc(OC)n2)C1. The molecule has 7 nitrogen and oxygen atoms in total. The van der Waals surface area contributed by atoms with Crippen molar-refractivity contribution in [3.8, 4) is 6.01 Å². The Kier molecular flexibility index (Phi) is 4.04. The van der Waals surface area contributed by atoms with Crippen LogP contribution >= 0.6 is 0 Å². The smallest absolute Gasteiger partial charge is 0.322 e. The molecule has 2 heterocycles. The average Bonchev–Trinajstić information content (AvgIpc) is 2.92. The first-order valence-electron chi connectivity index (χ1n) is 6.68. The number of aromatic nitrogens is 3. The summed E-state index contributed by atoms with van der Waals surface area (Å²) in [7, 11) is 1.53. The summed E-state index contributed by atoms with van der Waals surface area (Å²) in [6.07, 6.45) is 3.51. The number of nitrogen functional groups attached to an aromatic ring is 1. The van der Waals surface area contributed by atoms with E-state index >= 15 is 0 Å². The molecular weight excluding hydrogens is 244 g/mol. The lowest BCUT2D eigenvalue weighted by Crippen LogP contribution is -2.28. The lowest BCUT2D eigenvalue weighted by atomic mass is 9.82. The Balaban J connectivity index is 2.23. The zero-order valence-electron chi connectivity index (χ0n) is 11.8. The number of nitrogens with two attached hydrogens (primary N) is 1. The van der Waals surface area contributed by atoms with Crippen molar-refractivity contribution in [3.63, 3.8) is 0 Å². The summed E-state index contributed by atoms with van der Waals surface area (Å²) >= 11 is 0. The molecule has 1 aliphatic heterocycles. The number of rotatable bonds is 5. The molecule has 0 bridgehead atoms. The summed E-state index contributed by atoms with van der Waals surface area (Å²) in [4.78, 5) is 14.8. The molecule has 1 aromatic heterocycles. The predicted molar refractivity (Wildman–Crippen MR) is 74.0 cm³/mol. The Labute approximate surface area is 113 Å². The standard InChI is InChI=1S/C12H22N6O/c1-4-12(5-2)6-7-18(8-12)10-14-9(17-13)15-11(16-10)19-3/h4-8,13H2,1-3H3,(H,14,15,16,17). The van der Waals surface area contributed by atoms with E-state index in [9.17, 15) is 0 Å². The lowest BCUT2D eigenvalue weighted by Gasteiger charge is -2.26. The van der Waals surface area contributed by atoms with Crippen LogP contribution in [-0.4, -0.2) is 35.2 Å². The minimum absolute atomic E-state index is 0.281. The van der Waals surface area contributed by atoms with Gasteiger partial charge in [-0.15, -0.1) is 0 Å². The molecule has 1 saturated heterocycles. The Bertz CT molecular complexity index is 412. The molecule has 0 radical (unpaired) electrons. The summed E-state index contributed by atoms with van der Waals surface area (Å²) in [5.41, 5.74) is 2.82. The number of hydrogen-bond acceptors (Lipinski definition) is 7. The largest absolute Gasteiger partial charge is 0.467 e. The molecule has 0 aromatic carbocycles. The van der Waals surface area contributed by atoms with Gasteiger partial charge in [0.25, 0.3) is 0 Å². The van der Waals surface area contributed by atoms with E-state index in [1.807, 2.05) is 0 Å². The van der Waals surface area contributed by atoms with E-state index in [2.05, 4.69) is 39.1 Å². The van der Waals surface area contributed by atoms with Crippen molar-refractivity contribution in [2.75, 3.05) is 30.5 Å². The monoisotopic (exact) mass is 266 g/mol. The Morgan fingerprint density at radius 1 is 1.32 bits per heavy atom. The van der Waals surface area contributed by atoms with Crippen LogP contribution < -0.4 is 20.9 Å². The number of nitrogens with one attached hydrogen (secondary N) is 1. The molecule has 0 saturated carbocycles. The topological polar surface area (TPSA) is 89.2 Å². The van der Waals surface area contributed by atoms with Gasteiger partial charge in [-0.25, -0.2) is 5.84 Å². The summed E-state index contributed by atoms with van der Waals surface area (Å²) in [5.74, 6) is 6.32. The molecule has 19 heavy (non-hydrogen) atoms. The van der Waals surface area contributed by atoms with Crippen molar-refractivity contribution >= 4 is 11.9 Å². The van der Waals surface area contributed by atoms with Gasteiger partial charge >= 0.3 is 6.01 Å². The minimum atomic E-state index is 0.281. The summed E-state index contributed by atoms with van der Waals surface area (Å²) < 4.78 is 5.08. The molecule has 106 valence electrons. The third-order valence-electron chi connectivity index (χ3n) is 4.14. The van der Waals surface area contributed by atoms with Gasteiger partial charge < -0.3 is 9.64 Å². The molecule has 2 rings (SSSR count). The molecule has 7 heteroatoms. The molecule has 0 unspecified atom stereocenters. The van der Waals surface area contributed by atoms with Gasteiger partial charge in [0.05, 0.1) is 7.11 Å². The van der Waals surface area contributed by atoms with Crippen molar-refractivity contribution in [2.45, 2.75) is 33.1 Å². The van der Waals surface area contributed by atoms with E-state index < -0.39 is 0 Å². The Morgan fingerprint density at radius 2 is 2.05 bits per heavy atom. The highest BCUT2D eigenvalue weighted by atomic mass is 16.5. The number of anilines is 2. The molecule has 1 fully saturated rings. The van der Waals surface area contributed by atoms with Crippen LogP contribution in [0.5, 0.6) is 6.01 Å². The highest BCUT2D eigenvalue weighted by Gasteiger charge is 2.36. The van der Waals surface area contributed by atoms with Crippen LogP contribution in [0.25, 0.3) is 0 Å². The second-order valence-electron chi connectivity index (χ2n) is 4.97. The molecule has 0 atom stereocenters. The fourth-order valence-corrected chi connectivity index (χ4v) is 2.58. The van der Waals surface area contributed by atoms with Crippen LogP contribution in [0, 0.1) is 5.41 Å². The fourth-order valence-electron chi connectivity index (χ4n) is 2.58. The first kappa shape index (κ1) is 13.8. The van der Waals surface area contributed by atoms with Gasteiger partial charge in [0, 0.05) is 13.1 Å². The van der Waals surface area contributed by atoms with Crippen LogP contribution in [0.4, 0.5) is 11.9 Å². The Morgan fingerprint density at radius 3 is 2.58 bits per heavy atom. The first-order valence-corrected chi connectivity index (χ1v) is 6.68. The molecule has 0 aliphatic carbocycles. The highest BCUT2D eigenvalue weighted by Crippen LogP contribution is 2.38. The van der Waals surface area contributed by atoms with Crippen LogP contribution in [0.1, 0.15) is 33.1 Å². The van der Waals surface area contributed by atoms with Crippen molar-refractivity contribution in [1.29, 1.82) is 0 Å². The van der Waals surface area contributed by atoms with Gasteiger partial charge in [-0.1, -0.05) is 13.8 Å². The quantitative estimate of drug-likeness (QED) is 0.611. The molecule has 3 N–H and O–H groups in total. The average molecular weight is 266 g/mol. The molecule has 0 amide bonds. The molecule has 1 aliphatic rings. The zero-order chi connectivity index (χ0) is 13.9. The van der Waals surface area contributed by atoms with Gasteiger partial charge in [0.15, 0.2) is 0 Å². The highest BCUT2D eigenvalue weighted by molar-refractivity contribution is 5.39. The summed E-state index contributed by atoms with van der Waals surface area (Å²) in [5, 5.41) is 0. The van der Waals surface area contributed by atoms with Crippen LogP contribution in [0.15, 0.2) is 0 Å². The maximum Gasteiger partial charge on any atom is 0.322 e. The van der Waals surface area contributed by atoms with E-state index in [4.69, 9.17) is 10.6 Å². The van der Waals surface area contributed by atoms with Crippen molar-refractivity contribution in [2.24, 2.45) is 11.3 Å². The normalized spacial score (nSPS) is 17.6. The van der Waals surface area contributed by atoms with E-state index in [1.54, 1.807) is 0 Å². The number of nitrogens with zero attached hydrogens (tertiary/aromatic N) is 4. The minimum Gasteiger partial charge on any atom is -0.467 e. The Hall–Kier alpha value is -1.63. The first-order chi connectivity index (χ1) is 9.16. The zero-order valence-corrected chi connectivity index (χ0v) is 11.8.